The molecule has 1 aromatic heterocycles. The SMILES string of the molecule is O=S(c1ccccc1)c1c(-c2ccccc2)oc2ccc(I)cc12. The third kappa shape index (κ3) is 2.80. The van der Waals surface area contributed by atoms with Gasteiger partial charge in [0.25, 0.3) is 0 Å². The first kappa shape index (κ1) is 15.6. The molecule has 3 aromatic carbocycles. The van der Waals surface area contributed by atoms with Gasteiger partial charge in [0.1, 0.15) is 5.58 Å². The van der Waals surface area contributed by atoms with Crippen molar-refractivity contribution >= 4 is 44.4 Å². The first-order chi connectivity index (χ1) is 11.7. The van der Waals surface area contributed by atoms with E-state index in [0.29, 0.717) is 5.76 Å². The zero-order valence-corrected chi connectivity index (χ0v) is 15.6. The van der Waals surface area contributed by atoms with Gasteiger partial charge in [-0.2, -0.15) is 0 Å². The lowest BCUT2D eigenvalue weighted by molar-refractivity contribution is 0.622. The van der Waals surface area contributed by atoms with Gasteiger partial charge in [-0.15, -0.1) is 0 Å². The molecule has 0 radical (unpaired) electrons. The van der Waals surface area contributed by atoms with Crippen LogP contribution < -0.4 is 0 Å². The van der Waals surface area contributed by atoms with Crippen molar-refractivity contribution in [3.05, 3.63) is 82.4 Å². The summed E-state index contributed by atoms with van der Waals surface area (Å²) in [7, 11) is -1.31. The summed E-state index contributed by atoms with van der Waals surface area (Å²) in [6, 6.07) is 25.3. The van der Waals surface area contributed by atoms with Gasteiger partial charge in [0.05, 0.1) is 15.7 Å². The number of hydrogen-bond acceptors (Lipinski definition) is 2. The van der Waals surface area contributed by atoms with Gasteiger partial charge in [-0.3, -0.25) is 0 Å². The van der Waals surface area contributed by atoms with Crippen LogP contribution in [0.4, 0.5) is 0 Å². The maximum absolute atomic E-state index is 13.3. The third-order valence-corrected chi connectivity index (χ3v) is 5.93. The molecule has 4 rings (SSSR count). The van der Waals surface area contributed by atoms with Gasteiger partial charge in [-0.05, 0) is 52.9 Å². The van der Waals surface area contributed by atoms with Gasteiger partial charge in [0.2, 0.25) is 0 Å². The molecule has 0 spiro atoms. The summed E-state index contributed by atoms with van der Waals surface area (Å²) in [6.07, 6.45) is 0. The number of furan rings is 1. The molecule has 0 bridgehead atoms. The number of benzene rings is 3. The van der Waals surface area contributed by atoms with Crippen LogP contribution in [0.3, 0.4) is 0 Å². The summed E-state index contributed by atoms with van der Waals surface area (Å²) in [5, 5.41) is 0.905. The molecule has 4 heteroatoms. The second-order valence-corrected chi connectivity index (χ2v) is 8.01. The Kier molecular flexibility index (Phi) is 4.24. The highest BCUT2D eigenvalue weighted by Gasteiger charge is 2.22. The molecule has 0 aliphatic carbocycles. The molecule has 0 saturated carbocycles. The van der Waals surface area contributed by atoms with Crippen LogP contribution in [0.5, 0.6) is 0 Å². The van der Waals surface area contributed by atoms with Crippen LogP contribution in [0.15, 0.2) is 93.1 Å². The predicted molar refractivity (Wildman–Crippen MR) is 105 cm³/mol. The average Bonchev–Trinajstić information content (AvgIpc) is 3.01. The van der Waals surface area contributed by atoms with Crippen LogP contribution in [0.2, 0.25) is 0 Å². The third-order valence-electron chi connectivity index (χ3n) is 3.78. The second-order valence-electron chi connectivity index (χ2n) is 5.35. The van der Waals surface area contributed by atoms with Crippen molar-refractivity contribution in [3.8, 4) is 11.3 Å². The van der Waals surface area contributed by atoms with Crippen molar-refractivity contribution in [2.75, 3.05) is 0 Å². The minimum Gasteiger partial charge on any atom is -0.455 e. The van der Waals surface area contributed by atoms with E-state index in [2.05, 4.69) is 22.6 Å². The molecule has 0 amide bonds. The maximum atomic E-state index is 13.3. The van der Waals surface area contributed by atoms with E-state index in [1.54, 1.807) is 0 Å². The van der Waals surface area contributed by atoms with E-state index in [-0.39, 0.29) is 0 Å². The molecular weight excluding hydrogens is 431 g/mol. The van der Waals surface area contributed by atoms with Crippen molar-refractivity contribution in [2.24, 2.45) is 0 Å². The zero-order valence-electron chi connectivity index (χ0n) is 12.6. The van der Waals surface area contributed by atoms with E-state index in [4.69, 9.17) is 4.42 Å². The fourth-order valence-corrected chi connectivity index (χ4v) is 4.49. The highest BCUT2D eigenvalue weighted by Crippen LogP contribution is 2.38. The average molecular weight is 444 g/mol. The lowest BCUT2D eigenvalue weighted by Gasteiger charge is -2.04. The fraction of sp³-hybridized carbons (Fsp3) is 0. The summed E-state index contributed by atoms with van der Waals surface area (Å²) in [5.41, 5.74) is 1.69. The molecule has 118 valence electrons. The van der Waals surface area contributed by atoms with Crippen LogP contribution in [-0.2, 0) is 10.8 Å². The molecular formula is C20H13IO2S. The van der Waals surface area contributed by atoms with Crippen LogP contribution >= 0.6 is 22.6 Å². The smallest absolute Gasteiger partial charge is 0.151 e. The van der Waals surface area contributed by atoms with Crippen molar-refractivity contribution in [1.29, 1.82) is 0 Å². The van der Waals surface area contributed by atoms with Gasteiger partial charge >= 0.3 is 0 Å². The number of halogens is 1. The number of hydrogen-bond donors (Lipinski definition) is 0. The molecule has 0 N–H and O–H groups in total. The van der Waals surface area contributed by atoms with Crippen LogP contribution in [0.1, 0.15) is 0 Å². The highest BCUT2D eigenvalue weighted by atomic mass is 127. The predicted octanol–water partition coefficient (Wildman–Crippen LogP) is 5.87. The first-order valence-corrected chi connectivity index (χ1v) is 9.71. The lowest BCUT2D eigenvalue weighted by Crippen LogP contribution is -1.94. The molecule has 1 unspecified atom stereocenters. The summed E-state index contributed by atoms with van der Waals surface area (Å²) in [5.74, 6) is 0.676. The van der Waals surface area contributed by atoms with E-state index in [0.717, 1.165) is 29.9 Å². The Morgan fingerprint density at radius 2 is 1.50 bits per heavy atom. The van der Waals surface area contributed by atoms with Gasteiger partial charge in [-0.1, -0.05) is 48.5 Å². The summed E-state index contributed by atoms with van der Waals surface area (Å²) < 4.78 is 20.5. The van der Waals surface area contributed by atoms with Crippen molar-refractivity contribution in [2.45, 2.75) is 9.79 Å². The fourth-order valence-electron chi connectivity index (χ4n) is 2.67. The van der Waals surface area contributed by atoms with Gasteiger partial charge in [0.15, 0.2) is 5.76 Å². The van der Waals surface area contributed by atoms with Gasteiger partial charge < -0.3 is 4.42 Å². The van der Waals surface area contributed by atoms with Crippen molar-refractivity contribution in [3.63, 3.8) is 0 Å². The lowest BCUT2D eigenvalue weighted by atomic mass is 10.1. The zero-order chi connectivity index (χ0) is 16.5. The molecule has 0 fully saturated rings. The Morgan fingerprint density at radius 3 is 2.21 bits per heavy atom. The quantitative estimate of drug-likeness (QED) is 0.370. The molecule has 1 atom stereocenters. The minimum absolute atomic E-state index is 0.676. The van der Waals surface area contributed by atoms with E-state index in [1.165, 1.54) is 0 Å². The van der Waals surface area contributed by atoms with Gasteiger partial charge in [-0.25, -0.2) is 4.21 Å². The van der Waals surface area contributed by atoms with Crippen LogP contribution in [-0.4, -0.2) is 4.21 Å². The Morgan fingerprint density at radius 1 is 0.833 bits per heavy atom. The molecule has 1 heterocycles. The highest BCUT2D eigenvalue weighted by molar-refractivity contribution is 14.1. The molecule has 2 nitrogen and oxygen atoms in total. The summed E-state index contributed by atoms with van der Waals surface area (Å²) in [4.78, 5) is 1.51. The largest absolute Gasteiger partial charge is 0.455 e. The van der Waals surface area contributed by atoms with E-state index in [1.807, 2.05) is 78.9 Å². The molecule has 0 aliphatic rings. The van der Waals surface area contributed by atoms with Crippen LogP contribution in [0.25, 0.3) is 22.3 Å². The topological polar surface area (TPSA) is 30.2 Å². The number of rotatable bonds is 3. The Labute approximate surface area is 156 Å². The normalized spacial score (nSPS) is 12.4. The van der Waals surface area contributed by atoms with Crippen molar-refractivity contribution in [1.82, 2.24) is 0 Å². The molecule has 0 saturated heterocycles. The maximum Gasteiger partial charge on any atom is 0.151 e. The Balaban J connectivity index is 2.01. The Bertz CT molecular complexity index is 1020. The Hall–Kier alpha value is -1.92. The minimum atomic E-state index is -1.31. The van der Waals surface area contributed by atoms with Gasteiger partial charge in [0, 0.05) is 19.4 Å². The van der Waals surface area contributed by atoms with Crippen LogP contribution in [0, 0.1) is 3.57 Å². The summed E-state index contributed by atoms with van der Waals surface area (Å²) >= 11 is 2.27. The monoisotopic (exact) mass is 444 g/mol. The first-order valence-electron chi connectivity index (χ1n) is 7.48. The van der Waals surface area contributed by atoms with E-state index >= 15 is 0 Å². The molecule has 0 aliphatic heterocycles. The second kappa shape index (κ2) is 6.53. The molecule has 24 heavy (non-hydrogen) atoms. The number of fused-ring (bicyclic) bond motifs is 1. The standard InChI is InChI=1S/C20H13IO2S/c21-15-11-12-18-17(13-15)20(24(22)16-9-5-2-6-10-16)19(23-18)14-7-3-1-4-8-14/h1-13H. The van der Waals surface area contributed by atoms with E-state index in [9.17, 15) is 4.21 Å². The van der Waals surface area contributed by atoms with E-state index < -0.39 is 10.8 Å². The molecule has 4 aromatic rings. The van der Waals surface area contributed by atoms with Crippen molar-refractivity contribution < 1.29 is 8.63 Å². The summed E-state index contributed by atoms with van der Waals surface area (Å²) in [6.45, 7) is 0.